The summed E-state index contributed by atoms with van der Waals surface area (Å²) in [5.41, 5.74) is 0.0972. The van der Waals surface area contributed by atoms with Gasteiger partial charge in [-0.2, -0.15) is 0 Å². The summed E-state index contributed by atoms with van der Waals surface area (Å²) in [5.74, 6) is 0. The molecule has 0 unspecified atom stereocenters. The van der Waals surface area contributed by atoms with Crippen LogP contribution < -0.4 is 0 Å². The van der Waals surface area contributed by atoms with Crippen molar-refractivity contribution in [2.24, 2.45) is 5.41 Å². The molecular weight excluding hydrogens is 174 g/mol. The van der Waals surface area contributed by atoms with Crippen LogP contribution in [-0.4, -0.2) is 16.7 Å². The Labute approximate surface area is 88.0 Å². The highest BCUT2D eigenvalue weighted by atomic mass is 16.3. The Hall–Kier alpha value is -0.890. The van der Waals surface area contributed by atoms with Crippen molar-refractivity contribution in [3.63, 3.8) is 0 Å². The van der Waals surface area contributed by atoms with E-state index in [0.717, 1.165) is 0 Å². The van der Waals surface area contributed by atoms with Crippen LogP contribution >= 0.6 is 0 Å². The summed E-state index contributed by atoms with van der Waals surface area (Å²) in [5, 5.41) is 8.40. The summed E-state index contributed by atoms with van der Waals surface area (Å²) in [6, 6.07) is 5.72. The molecule has 0 radical (unpaired) electrons. The van der Waals surface area contributed by atoms with E-state index in [1.807, 2.05) is 52.8 Å². The first kappa shape index (κ1) is 15.6. The van der Waals surface area contributed by atoms with Crippen LogP contribution in [-0.2, 0) is 0 Å². The van der Waals surface area contributed by atoms with Crippen molar-refractivity contribution in [3.05, 3.63) is 30.6 Å². The molecule has 14 heavy (non-hydrogen) atoms. The number of aromatic nitrogens is 1. The number of aliphatic hydroxyl groups is 1. The summed E-state index contributed by atoms with van der Waals surface area (Å²) < 4.78 is 0. The van der Waals surface area contributed by atoms with Gasteiger partial charge in [-0.3, -0.25) is 4.98 Å². The van der Waals surface area contributed by atoms with Crippen LogP contribution in [0.3, 0.4) is 0 Å². The first-order valence-electron chi connectivity index (χ1n) is 5.02. The minimum atomic E-state index is 0.0972. The molecule has 2 nitrogen and oxygen atoms in total. The molecule has 0 bridgehead atoms. The molecule has 1 heterocycles. The fraction of sp³-hybridized carbons (Fsp3) is 0.583. The van der Waals surface area contributed by atoms with Crippen molar-refractivity contribution in [1.82, 2.24) is 4.98 Å². The fourth-order valence-electron chi connectivity index (χ4n) is 0.313. The van der Waals surface area contributed by atoms with Crippen molar-refractivity contribution in [3.8, 4) is 0 Å². The maximum absolute atomic E-state index is 8.40. The van der Waals surface area contributed by atoms with E-state index in [9.17, 15) is 0 Å². The Bertz CT molecular complexity index is 153. The van der Waals surface area contributed by atoms with Crippen LogP contribution in [0.15, 0.2) is 30.6 Å². The summed E-state index contributed by atoms with van der Waals surface area (Å²) in [6.45, 7) is 10.2. The van der Waals surface area contributed by atoms with Gasteiger partial charge in [-0.25, -0.2) is 0 Å². The molecule has 1 aromatic heterocycles. The van der Waals surface area contributed by atoms with Crippen LogP contribution in [0.25, 0.3) is 0 Å². The van der Waals surface area contributed by atoms with Gasteiger partial charge in [0.15, 0.2) is 0 Å². The average molecular weight is 197 g/mol. The zero-order valence-corrected chi connectivity index (χ0v) is 9.99. The van der Waals surface area contributed by atoms with E-state index in [4.69, 9.17) is 5.11 Å². The van der Waals surface area contributed by atoms with Gasteiger partial charge in [-0.15, -0.1) is 0 Å². The normalized spacial score (nSPS) is 9.00. The third kappa shape index (κ3) is 17.3. The van der Waals surface area contributed by atoms with Gasteiger partial charge < -0.3 is 5.11 Å². The first-order valence-corrected chi connectivity index (χ1v) is 5.02. The molecule has 1 aromatic rings. The summed E-state index contributed by atoms with van der Waals surface area (Å²) in [7, 11) is 0. The Balaban J connectivity index is 0. The van der Waals surface area contributed by atoms with E-state index in [1.165, 1.54) is 0 Å². The summed E-state index contributed by atoms with van der Waals surface area (Å²) in [6.07, 6.45) is 3.50. The molecule has 1 rings (SSSR count). The van der Waals surface area contributed by atoms with E-state index in [2.05, 4.69) is 4.98 Å². The Morgan fingerprint density at radius 3 is 1.43 bits per heavy atom. The molecule has 0 atom stereocenters. The van der Waals surface area contributed by atoms with Crippen LogP contribution in [0.4, 0.5) is 0 Å². The predicted octanol–water partition coefficient (Wildman–Crippen LogP) is 3.13. The van der Waals surface area contributed by atoms with E-state index in [-0.39, 0.29) is 12.0 Å². The van der Waals surface area contributed by atoms with Gasteiger partial charge in [0.25, 0.3) is 0 Å². The van der Waals surface area contributed by atoms with E-state index in [0.29, 0.717) is 0 Å². The number of hydrogen-bond donors (Lipinski definition) is 1. The maximum Gasteiger partial charge on any atom is 0.0479 e. The largest absolute Gasteiger partial charge is 0.396 e. The maximum atomic E-state index is 8.40. The minimum absolute atomic E-state index is 0.0972. The Morgan fingerprint density at radius 1 is 1.00 bits per heavy atom. The standard InChI is InChI=1S/C5H5N.C5H12O.C2H6/c1-2-4-6-5-3-1;1-5(2,3)4-6;1-2/h1-5H;6H,4H2,1-3H3;1-2H3. The van der Waals surface area contributed by atoms with Gasteiger partial charge in [-0.1, -0.05) is 40.7 Å². The van der Waals surface area contributed by atoms with Gasteiger partial charge >= 0.3 is 0 Å². The highest BCUT2D eigenvalue weighted by molar-refractivity contribution is 4.88. The number of rotatable bonds is 0. The number of aliphatic hydroxyl groups excluding tert-OH is 1. The zero-order chi connectivity index (χ0) is 11.4. The molecule has 0 aliphatic carbocycles. The minimum Gasteiger partial charge on any atom is -0.396 e. The molecular formula is C12H23NO. The lowest BCUT2D eigenvalue weighted by atomic mass is 9.99. The fourth-order valence-corrected chi connectivity index (χ4v) is 0.313. The second-order valence-corrected chi connectivity index (χ2v) is 3.74. The summed E-state index contributed by atoms with van der Waals surface area (Å²) in [4.78, 5) is 3.78. The first-order chi connectivity index (χ1) is 6.56. The van der Waals surface area contributed by atoms with Gasteiger partial charge in [0.05, 0.1) is 0 Å². The van der Waals surface area contributed by atoms with Crippen molar-refractivity contribution < 1.29 is 5.11 Å². The molecule has 0 aliphatic rings. The second kappa shape index (κ2) is 10.2. The van der Waals surface area contributed by atoms with E-state index in [1.54, 1.807) is 12.4 Å². The van der Waals surface area contributed by atoms with E-state index < -0.39 is 0 Å². The molecule has 0 amide bonds. The van der Waals surface area contributed by atoms with Crippen LogP contribution in [0.5, 0.6) is 0 Å². The second-order valence-electron chi connectivity index (χ2n) is 3.74. The molecule has 0 aliphatic heterocycles. The smallest absolute Gasteiger partial charge is 0.0479 e. The number of pyridine rings is 1. The topological polar surface area (TPSA) is 33.1 Å². The molecule has 0 spiro atoms. The number of hydrogen-bond acceptors (Lipinski definition) is 2. The lowest BCUT2D eigenvalue weighted by molar-refractivity contribution is 0.177. The molecule has 0 aromatic carbocycles. The highest BCUT2D eigenvalue weighted by Gasteiger charge is 2.05. The van der Waals surface area contributed by atoms with Gasteiger partial charge in [0, 0.05) is 19.0 Å². The lowest BCUT2D eigenvalue weighted by Gasteiger charge is -2.11. The van der Waals surface area contributed by atoms with Crippen molar-refractivity contribution in [1.29, 1.82) is 0 Å². The highest BCUT2D eigenvalue weighted by Crippen LogP contribution is 2.09. The van der Waals surface area contributed by atoms with Crippen molar-refractivity contribution in [2.75, 3.05) is 6.61 Å². The van der Waals surface area contributed by atoms with Gasteiger partial charge in [0.2, 0.25) is 0 Å². The molecule has 0 fully saturated rings. The molecule has 2 heteroatoms. The quantitative estimate of drug-likeness (QED) is 0.693. The monoisotopic (exact) mass is 197 g/mol. The van der Waals surface area contributed by atoms with Crippen molar-refractivity contribution in [2.45, 2.75) is 34.6 Å². The lowest BCUT2D eigenvalue weighted by Crippen LogP contribution is -2.09. The number of nitrogens with zero attached hydrogens (tertiary/aromatic N) is 1. The van der Waals surface area contributed by atoms with Crippen LogP contribution in [0.1, 0.15) is 34.6 Å². The van der Waals surface area contributed by atoms with Crippen molar-refractivity contribution >= 4 is 0 Å². The Morgan fingerprint density at radius 2 is 1.36 bits per heavy atom. The van der Waals surface area contributed by atoms with Gasteiger partial charge in [-0.05, 0) is 17.5 Å². The molecule has 1 N–H and O–H groups in total. The zero-order valence-electron chi connectivity index (χ0n) is 9.99. The summed E-state index contributed by atoms with van der Waals surface area (Å²) >= 11 is 0. The SMILES string of the molecule is CC.CC(C)(C)CO.c1ccncc1. The molecule has 0 saturated heterocycles. The molecule has 82 valence electrons. The molecule has 0 saturated carbocycles. The third-order valence-electron chi connectivity index (χ3n) is 1.04. The van der Waals surface area contributed by atoms with E-state index >= 15 is 0 Å². The predicted molar refractivity (Wildman–Crippen MR) is 62.1 cm³/mol. The Kier molecular flexibility index (Phi) is 11.3. The average Bonchev–Trinajstić information content (AvgIpc) is 2.23. The van der Waals surface area contributed by atoms with Crippen LogP contribution in [0, 0.1) is 5.41 Å². The third-order valence-corrected chi connectivity index (χ3v) is 1.04. The van der Waals surface area contributed by atoms with Crippen LogP contribution in [0.2, 0.25) is 0 Å². The van der Waals surface area contributed by atoms with Gasteiger partial charge in [0.1, 0.15) is 0 Å².